The van der Waals surface area contributed by atoms with E-state index in [0.717, 1.165) is 19.4 Å². The minimum absolute atomic E-state index is 0.122. The highest BCUT2D eigenvalue weighted by molar-refractivity contribution is 7.87. The van der Waals surface area contributed by atoms with E-state index < -0.39 is 10.2 Å². The standard InChI is InChI=1S/C16H28N4O3S/c1-19(2)24(21,22)20-11-10-18-15(20)13-17-12-14-6-9-16(23-14)7-4-3-5-8-16/h10-11,14,17H,3-9,12-13H2,1-2H3. The van der Waals surface area contributed by atoms with Crippen LogP contribution in [0.25, 0.3) is 0 Å². The Hall–Kier alpha value is -0.960. The van der Waals surface area contributed by atoms with E-state index in [1.165, 1.54) is 66.9 Å². The van der Waals surface area contributed by atoms with Crippen molar-refractivity contribution in [2.45, 2.75) is 63.2 Å². The molecule has 0 bridgehead atoms. The molecule has 3 rings (SSSR count). The van der Waals surface area contributed by atoms with Crippen molar-refractivity contribution < 1.29 is 13.2 Å². The van der Waals surface area contributed by atoms with Crippen molar-refractivity contribution in [3.63, 3.8) is 0 Å². The minimum atomic E-state index is -3.52. The second-order valence-corrected chi connectivity index (χ2v) is 9.10. The van der Waals surface area contributed by atoms with Gasteiger partial charge in [-0.1, -0.05) is 19.3 Å². The summed E-state index contributed by atoms with van der Waals surface area (Å²) in [7, 11) is -0.487. The number of aromatic nitrogens is 2. The van der Waals surface area contributed by atoms with E-state index in [9.17, 15) is 8.42 Å². The Balaban J connectivity index is 1.52. The van der Waals surface area contributed by atoms with Crippen LogP contribution in [0.3, 0.4) is 0 Å². The van der Waals surface area contributed by atoms with Crippen molar-refractivity contribution >= 4 is 10.2 Å². The Bertz CT molecular complexity index is 650. The van der Waals surface area contributed by atoms with Crippen LogP contribution in [0.5, 0.6) is 0 Å². The average molecular weight is 356 g/mol. The molecule has 1 spiro atoms. The molecule has 0 radical (unpaired) electrons. The fourth-order valence-electron chi connectivity index (χ4n) is 3.78. The summed E-state index contributed by atoms with van der Waals surface area (Å²) in [4.78, 5) is 4.17. The second-order valence-electron chi connectivity index (χ2n) is 7.08. The van der Waals surface area contributed by atoms with Gasteiger partial charge in [0, 0.05) is 33.0 Å². The van der Waals surface area contributed by atoms with Gasteiger partial charge in [-0.05, 0) is 25.7 Å². The molecule has 1 aliphatic carbocycles. The Morgan fingerprint density at radius 1 is 1.33 bits per heavy atom. The highest BCUT2D eigenvalue weighted by Crippen LogP contribution is 2.41. The first kappa shape index (κ1) is 17.8. The maximum atomic E-state index is 12.2. The van der Waals surface area contributed by atoms with Gasteiger partial charge in [-0.2, -0.15) is 12.7 Å². The summed E-state index contributed by atoms with van der Waals surface area (Å²) in [5.74, 6) is 0.495. The molecule has 2 aliphatic rings. The van der Waals surface area contributed by atoms with Crippen LogP contribution in [0.4, 0.5) is 0 Å². The molecular formula is C16H28N4O3S. The number of hydrogen-bond acceptors (Lipinski definition) is 5. The van der Waals surface area contributed by atoms with E-state index in [1.54, 1.807) is 0 Å². The van der Waals surface area contributed by atoms with Gasteiger partial charge >= 0.3 is 10.2 Å². The molecule has 0 amide bonds. The molecule has 136 valence electrons. The highest BCUT2D eigenvalue weighted by Gasteiger charge is 2.40. The molecule has 2 fully saturated rings. The van der Waals surface area contributed by atoms with Crippen molar-refractivity contribution in [2.75, 3.05) is 20.6 Å². The predicted octanol–water partition coefficient (Wildman–Crippen LogP) is 1.51. The molecule has 1 saturated carbocycles. The molecule has 1 aromatic heterocycles. The van der Waals surface area contributed by atoms with E-state index in [1.807, 2.05) is 0 Å². The smallest absolute Gasteiger partial charge is 0.308 e. The van der Waals surface area contributed by atoms with Crippen LogP contribution in [0.15, 0.2) is 12.4 Å². The van der Waals surface area contributed by atoms with Gasteiger partial charge in [0.2, 0.25) is 0 Å². The molecule has 8 heteroatoms. The van der Waals surface area contributed by atoms with Gasteiger partial charge in [0.1, 0.15) is 5.82 Å². The van der Waals surface area contributed by atoms with Crippen LogP contribution in [0, 0.1) is 0 Å². The van der Waals surface area contributed by atoms with Crippen LogP contribution in [-0.2, 0) is 21.5 Å². The summed E-state index contributed by atoms with van der Waals surface area (Å²) in [6.07, 6.45) is 11.7. The summed E-state index contributed by atoms with van der Waals surface area (Å²) in [6.45, 7) is 1.14. The Labute approximate surface area is 144 Å². The van der Waals surface area contributed by atoms with Gasteiger partial charge in [-0.25, -0.2) is 8.96 Å². The Morgan fingerprint density at radius 2 is 2.08 bits per heavy atom. The molecular weight excluding hydrogens is 328 g/mol. The monoisotopic (exact) mass is 356 g/mol. The number of hydrogen-bond donors (Lipinski definition) is 1. The van der Waals surface area contributed by atoms with E-state index in [0.29, 0.717) is 12.4 Å². The molecule has 7 nitrogen and oxygen atoms in total. The normalized spacial score (nSPS) is 24.0. The molecule has 0 aromatic carbocycles. The lowest BCUT2D eigenvalue weighted by atomic mass is 9.83. The predicted molar refractivity (Wildman–Crippen MR) is 91.9 cm³/mol. The van der Waals surface area contributed by atoms with Crippen LogP contribution < -0.4 is 5.32 Å². The maximum Gasteiger partial charge on any atom is 0.308 e. The maximum absolute atomic E-state index is 12.2. The van der Waals surface area contributed by atoms with Gasteiger partial charge in [-0.15, -0.1) is 0 Å². The van der Waals surface area contributed by atoms with Crippen molar-refractivity contribution in [1.82, 2.24) is 18.6 Å². The first-order chi connectivity index (χ1) is 11.4. The van der Waals surface area contributed by atoms with Gasteiger partial charge < -0.3 is 10.1 Å². The van der Waals surface area contributed by atoms with Crippen LogP contribution in [0.2, 0.25) is 0 Å². The van der Waals surface area contributed by atoms with Gasteiger partial charge in [0.25, 0.3) is 0 Å². The van der Waals surface area contributed by atoms with Crippen molar-refractivity contribution in [2.24, 2.45) is 0 Å². The molecule has 24 heavy (non-hydrogen) atoms. The third-order valence-corrected chi connectivity index (χ3v) is 6.90. The first-order valence-corrected chi connectivity index (χ1v) is 10.2. The average Bonchev–Trinajstić information content (AvgIpc) is 3.16. The Morgan fingerprint density at radius 3 is 2.79 bits per heavy atom. The number of nitrogens with zero attached hydrogens (tertiary/aromatic N) is 3. The second kappa shape index (κ2) is 7.11. The van der Waals surface area contributed by atoms with E-state index in [2.05, 4.69) is 10.3 Å². The summed E-state index contributed by atoms with van der Waals surface area (Å²) in [5.41, 5.74) is 0.122. The lowest BCUT2D eigenvalue weighted by molar-refractivity contribution is -0.0624. The zero-order valence-corrected chi connectivity index (χ0v) is 15.4. The number of nitrogens with one attached hydrogen (secondary N) is 1. The summed E-state index contributed by atoms with van der Waals surface area (Å²) in [6, 6.07) is 0. The molecule has 1 aromatic rings. The Kier molecular flexibility index (Phi) is 5.29. The van der Waals surface area contributed by atoms with E-state index in [4.69, 9.17) is 4.74 Å². The fraction of sp³-hybridized carbons (Fsp3) is 0.812. The largest absolute Gasteiger partial charge is 0.370 e. The molecule has 1 atom stereocenters. The molecule has 1 unspecified atom stereocenters. The van der Waals surface area contributed by atoms with E-state index in [-0.39, 0.29) is 11.7 Å². The fourth-order valence-corrected chi connectivity index (χ4v) is 4.72. The summed E-state index contributed by atoms with van der Waals surface area (Å²) in [5, 5.41) is 3.31. The number of imidazole rings is 1. The summed E-state index contributed by atoms with van der Waals surface area (Å²) < 4.78 is 33.2. The van der Waals surface area contributed by atoms with Gasteiger partial charge in [-0.3, -0.25) is 0 Å². The molecule has 1 saturated heterocycles. The van der Waals surface area contributed by atoms with E-state index >= 15 is 0 Å². The highest BCUT2D eigenvalue weighted by atomic mass is 32.2. The minimum Gasteiger partial charge on any atom is -0.370 e. The number of rotatable bonds is 6. The first-order valence-electron chi connectivity index (χ1n) is 8.77. The van der Waals surface area contributed by atoms with Crippen LogP contribution >= 0.6 is 0 Å². The number of ether oxygens (including phenoxy) is 1. The molecule has 1 aliphatic heterocycles. The third-order valence-electron chi connectivity index (χ3n) is 5.15. The lowest BCUT2D eigenvalue weighted by Crippen LogP contribution is -2.35. The molecule has 2 heterocycles. The van der Waals surface area contributed by atoms with Crippen molar-refractivity contribution in [3.05, 3.63) is 18.2 Å². The lowest BCUT2D eigenvalue weighted by Gasteiger charge is -2.33. The summed E-state index contributed by atoms with van der Waals surface area (Å²) >= 11 is 0. The zero-order chi connectivity index (χ0) is 17.2. The SMILES string of the molecule is CN(C)S(=O)(=O)n1ccnc1CNCC1CCC2(CCCCC2)O1. The zero-order valence-electron chi connectivity index (χ0n) is 14.6. The van der Waals surface area contributed by atoms with Gasteiger partial charge in [0.15, 0.2) is 0 Å². The van der Waals surface area contributed by atoms with Crippen molar-refractivity contribution in [3.8, 4) is 0 Å². The van der Waals surface area contributed by atoms with Crippen molar-refractivity contribution in [1.29, 1.82) is 0 Å². The quantitative estimate of drug-likeness (QED) is 0.836. The van der Waals surface area contributed by atoms with Crippen LogP contribution in [-0.4, -0.2) is 54.0 Å². The molecule has 1 N–H and O–H groups in total. The van der Waals surface area contributed by atoms with Crippen LogP contribution in [0.1, 0.15) is 50.8 Å². The van der Waals surface area contributed by atoms with Gasteiger partial charge in [0.05, 0.1) is 18.2 Å². The topological polar surface area (TPSA) is 76.5 Å². The third kappa shape index (κ3) is 3.66.